The molecular formula is C25H22F7N5O3S. The normalized spacial score (nSPS) is 21.9. The number of fused-ring (bicyclic) bond motifs is 1. The van der Waals surface area contributed by atoms with Crippen molar-refractivity contribution in [2.75, 3.05) is 6.54 Å². The van der Waals surface area contributed by atoms with E-state index < -0.39 is 63.6 Å². The zero-order valence-electron chi connectivity index (χ0n) is 21.2. The highest BCUT2D eigenvalue weighted by Crippen LogP contribution is 2.51. The van der Waals surface area contributed by atoms with Crippen LogP contribution in [-0.2, 0) is 27.5 Å². The summed E-state index contributed by atoms with van der Waals surface area (Å²) in [6, 6.07) is 3.78. The van der Waals surface area contributed by atoms with E-state index in [0.717, 1.165) is 40.8 Å². The number of benzene rings is 1. The molecule has 3 atom stereocenters. The van der Waals surface area contributed by atoms with Crippen LogP contribution in [0.2, 0.25) is 0 Å². The molecule has 0 spiro atoms. The molecule has 1 aliphatic carbocycles. The molecule has 2 aromatic rings. The smallest absolute Gasteiger partial charge is 0.351 e. The van der Waals surface area contributed by atoms with E-state index in [9.17, 15) is 43.9 Å². The Morgan fingerprint density at radius 2 is 1.85 bits per heavy atom. The average molecular weight is 606 g/mol. The number of nitrogens with zero attached hydrogens (tertiary/aromatic N) is 4. The van der Waals surface area contributed by atoms with Gasteiger partial charge in [0, 0.05) is 25.5 Å². The van der Waals surface area contributed by atoms with Crippen molar-refractivity contribution in [2.45, 2.75) is 43.2 Å². The van der Waals surface area contributed by atoms with Gasteiger partial charge in [0.2, 0.25) is 21.8 Å². The molecule has 16 heteroatoms. The summed E-state index contributed by atoms with van der Waals surface area (Å²) in [6.45, 7) is 3.40. The van der Waals surface area contributed by atoms with Gasteiger partial charge in [-0.05, 0) is 73.4 Å². The van der Waals surface area contributed by atoms with Crippen molar-refractivity contribution in [3.8, 4) is 0 Å². The SMILES string of the molecule is C=N/C(=N\C=C(/C)c1cc(CNC(=O)[C@@H]2C3C[C@H]3CN2S(=O)(=O)c2ccc(F)cc2)c(C(F)(F)F)cn1)C(F)(F)F. The maximum atomic E-state index is 13.7. The van der Waals surface area contributed by atoms with E-state index >= 15 is 0 Å². The summed E-state index contributed by atoms with van der Waals surface area (Å²) >= 11 is 0. The molecule has 220 valence electrons. The molecule has 1 unspecified atom stereocenters. The zero-order chi connectivity index (χ0) is 30.3. The van der Waals surface area contributed by atoms with Gasteiger partial charge in [-0.1, -0.05) is 0 Å². The van der Waals surface area contributed by atoms with Crippen LogP contribution in [0.4, 0.5) is 30.7 Å². The van der Waals surface area contributed by atoms with Crippen LogP contribution in [-0.4, -0.2) is 54.9 Å². The molecule has 1 N–H and O–H groups in total. The van der Waals surface area contributed by atoms with E-state index in [-0.39, 0.29) is 34.5 Å². The maximum absolute atomic E-state index is 13.7. The lowest BCUT2D eigenvalue weighted by atomic mass is 10.1. The monoisotopic (exact) mass is 605 g/mol. The number of amidine groups is 1. The first kappa shape index (κ1) is 30.3. The number of nitrogens with one attached hydrogen (secondary N) is 1. The molecule has 1 saturated carbocycles. The van der Waals surface area contributed by atoms with Crippen molar-refractivity contribution in [3.63, 3.8) is 0 Å². The van der Waals surface area contributed by atoms with E-state index in [0.29, 0.717) is 12.6 Å². The summed E-state index contributed by atoms with van der Waals surface area (Å²) in [7, 11) is -4.21. The summed E-state index contributed by atoms with van der Waals surface area (Å²) in [5, 5.41) is 2.37. The average Bonchev–Trinajstić information content (AvgIpc) is 3.55. The number of piperidine rings is 1. The van der Waals surface area contributed by atoms with Gasteiger partial charge in [-0.15, -0.1) is 0 Å². The fourth-order valence-corrected chi connectivity index (χ4v) is 6.26. The molecule has 8 nitrogen and oxygen atoms in total. The standard InChI is InChI=1S/C25H22F7N5O3S/c1-13(9-36-23(33-2)25(30,31)32)20-8-14(19(11-34-20)24(27,28)29)10-35-22(38)21-18-7-15(18)12-37(21)41(39,40)17-5-3-16(26)4-6-17/h3-6,8-9,11,15,18,21H,2,7,10,12H2,1H3,(H,35,38)/b13-9+,36-23-/t15-,18?,21-/m0/s1. The number of aromatic nitrogens is 1. The van der Waals surface area contributed by atoms with Crippen LogP contribution in [0, 0.1) is 17.7 Å². The van der Waals surface area contributed by atoms with Gasteiger partial charge in [-0.25, -0.2) is 22.8 Å². The highest BCUT2D eigenvalue weighted by molar-refractivity contribution is 7.89. The maximum Gasteiger partial charge on any atom is 0.451 e. The van der Waals surface area contributed by atoms with Gasteiger partial charge < -0.3 is 5.32 Å². The van der Waals surface area contributed by atoms with Gasteiger partial charge in [-0.3, -0.25) is 9.78 Å². The molecule has 0 bridgehead atoms. The molecule has 2 fully saturated rings. The lowest BCUT2D eigenvalue weighted by Crippen LogP contribution is -2.48. The number of halogens is 7. The number of hydrogen-bond donors (Lipinski definition) is 1. The Hall–Kier alpha value is -3.66. The van der Waals surface area contributed by atoms with Gasteiger partial charge >= 0.3 is 12.4 Å². The number of sulfonamides is 1. The number of hydrogen-bond acceptors (Lipinski definition) is 5. The summed E-state index contributed by atoms with van der Waals surface area (Å²) < 4.78 is 120. The Kier molecular flexibility index (Phi) is 8.10. The fraction of sp³-hybridized carbons (Fsp3) is 0.360. The number of aliphatic imine (C=N–C) groups is 2. The summed E-state index contributed by atoms with van der Waals surface area (Å²) in [5.41, 5.74) is -1.85. The lowest BCUT2D eigenvalue weighted by molar-refractivity contribution is -0.138. The lowest BCUT2D eigenvalue weighted by Gasteiger charge is -2.26. The molecule has 1 amide bonds. The number of carbonyl (C=O) groups excluding carboxylic acids is 1. The largest absolute Gasteiger partial charge is 0.451 e. The second-order valence-corrected chi connectivity index (χ2v) is 11.4. The molecule has 1 aliphatic heterocycles. The first-order valence-corrected chi connectivity index (χ1v) is 13.4. The van der Waals surface area contributed by atoms with Crippen LogP contribution in [0.5, 0.6) is 0 Å². The Morgan fingerprint density at radius 1 is 1.20 bits per heavy atom. The van der Waals surface area contributed by atoms with E-state index in [1.807, 2.05) is 0 Å². The van der Waals surface area contributed by atoms with Gasteiger partial charge in [0.25, 0.3) is 0 Å². The van der Waals surface area contributed by atoms with Crippen LogP contribution in [0.25, 0.3) is 5.57 Å². The summed E-state index contributed by atoms with van der Waals surface area (Å²) in [4.78, 5) is 22.5. The summed E-state index contributed by atoms with van der Waals surface area (Å²) in [5.74, 6) is -3.47. The van der Waals surface area contributed by atoms with Crippen LogP contribution in [0.15, 0.2) is 57.6 Å². The second kappa shape index (κ2) is 11.0. The van der Waals surface area contributed by atoms with Crippen molar-refractivity contribution in [2.24, 2.45) is 21.8 Å². The number of rotatable bonds is 7. The van der Waals surface area contributed by atoms with Crippen LogP contribution in [0.1, 0.15) is 30.2 Å². The van der Waals surface area contributed by atoms with Gasteiger partial charge in [-0.2, -0.15) is 30.6 Å². The van der Waals surface area contributed by atoms with Crippen molar-refractivity contribution in [1.29, 1.82) is 0 Å². The molecular weight excluding hydrogens is 583 g/mol. The zero-order valence-corrected chi connectivity index (χ0v) is 22.0. The number of pyridine rings is 1. The van der Waals surface area contributed by atoms with Crippen molar-refractivity contribution in [1.82, 2.24) is 14.6 Å². The van der Waals surface area contributed by atoms with Crippen molar-refractivity contribution < 1.29 is 43.9 Å². The van der Waals surface area contributed by atoms with Crippen LogP contribution >= 0.6 is 0 Å². The Labute approximate surface area is 229 Å². The number of alkyl halides is 6. The third-order valence-corrected chi connectivity index (χ3v) is 8.59. The summed E-state index contributed by atoms with van der Waals surface area (Å²) in [6.07, 6.45) is -8.03. The number of carbonyl (C=O) groups is 1. The number of amides is 1. The second-order valence-electron chi connectivity index (χ2n) is 9.50. The van der Waals surface area contributed by atoms with Gasteiger partial charge in [0.15, 0.2) is 0 Å². The highest BCUT2D eigenvalue weighted by atomic mass is 32.2. The molecule has 1 aromatic heterocycles. The molecule has 1 saturated heterocycles. The molecule has 41 heavy (non-hydrogen) atoms. The van der Waals surface area contributed by atoms with Crippen molar-refractivity contribution in [3.05, 3.63) is 65.4 Å². The molecule has 2 heterocycles. The van der Waals surface area contributed by atoms with Crippen LogP contribution in [0.3, 0.4) is 0 Å². The van der Waals surface area contributed by atoms with E-state index in [2.05, 4.69) is 27.0 Å². The molecule has 1 aromatic carbocycles. The minimum Gasteiger partial charge on any atom is -0.351 e. The van der Waals surface area contributed by atoms with E-state index in [1.54, 1.807) is 0 Å². The predicted octanol–water partition coefficient (Wildman–Crippen LogP) is 4.59. The first-order valence-electron chi connectivity index (χ1n) is 11.9. The fourth-order valence-electron chi connectivity index (χ4n) is 4.57. The quantitative estimate of drug-likeness (QED) is 0.283. The highest BCUT2D eigenvalue weighted by Gasteiger charge is 2.59. The minimum atomic E-state index is -4.90. The van der Waals surface area contributed by atoms with Crippen molar-refractivity contribution >= 4 is 34.1 Å². The topological polar surface area (TPSA) is 104 Å². The minimum absolute atomic E-state index is 0.0274. The molecule has 2 aliphatic rings. The van der Waals surface area contributed by atoms with Crippen LogP contribution < -0.4 is 5.32 Å². The Bertz CT molecular complexity index is 1520. The Morgan fingerprint density at radius 3 is 2.44 bits per heavy atom. The first-order chi connectivity index (χ1) is 19.0. The third-order valence-electron chi connectivity index (χ3n) is 6.73. The van der Waals surface area contributed by atoms with Gasteiger partial charge in [0.05, 0.1) is 16.2 Å². The van der Waals surface area contributed by atoms with E-state index in [1.165, 1.54) is 6.92 Å². The number of allylic oxidation sites excluding steroid dienone is 1. The van der Waals surface area contributed by atoms with E-state index in [4.69, 9.17) is 0 Å². The predicted molar refractivity (Wildman–Crippen MR) is 133 cm³/mol. The molecule has 4 rings (SSSR count). The molecule has 0 radical (unpaired) electrons. The third kappa shape index (κ3) is 6.48. The Balaban J connectivity index is 1.58. The van der Waals surface area contributed by atoms with Gasteiger partial charge in [0.1, 0.15) is 11.9 Å².